The number of carbonyl (C=O) groups is 1. The van der Waals surface area contributed by atoms with Crippen molar-refractivity contribution in [1.29, 1.82) is 0 Å². The highest BCUT2D eigenvalue weighted by Crippen LogP contribution is 2.38. The topological polar surface area (TPSA) is 97.3 Å². The van der Waals surface area contributed by atoms with E-state index in [0.717, 1.165) is 17.4 Å². The highest BCUT2D eigenvalue weighted by Gasteiger charge is 2.34. The standard InChI is InChI=1S/C25H25N3O5S/c1-32-23-13-12-19(15-24(23)33-2)22-16-21(18-10-7-11-20(14-18)27-34(3,30)31)26-28(22)25(29)17-8-5-4-6-9-17/h4-15,22,27H,16H2,1-3H3/t22-/m1/s1. The van der Waals surface area contributed by atoms with E-state index in [1.807, 2.05) is 24.3 Å². The van der Waals surface area contributed by atoms with Crippen LogP contribution < -0.4 is 14.2 Å². The first-order valence-electron chi connectivity index (χ1n) is 10.6. The maximum absolute atomic E-state index is 13.4. The Balaban J connectivity index is 1.74. The molecule has 1 atom stereocenters. The molecule has 4 rings (SSSR count). The summed E-state index contributed by atoms with van der Waals surface area (Å²) in [6.07, 6.45) is 1.54. The number of ether oxygens (including phenoxy) is 2. The lowest BCUT2D eigenvalue weighted by atomic mass is 9.97. The van der Waals surface area contributed by atoms with Crippen LogP contribution in [0.1, 0.15) is 33.9 Å². The van der Waals surface area contributed by atoms with Gasteiger partial charge in [0.25, 0.3) is 5.91 Å². The van der Waals surface area contributed by atoms with Crippen LogP contribution in [0.15, 0.2) is 77.9 Å². The van der Waals surface area contributed by atoms with Crippen molar-refractivity contribution in [2.45, 2.75) is 12.5 Å². The number of rotatable bonds is 7. The summed E-state index contributed by atoms with van der Waals surface area (Å²) in [6, 6.07) is 21.1. The molecule has 1 aliphatic heterocycles. The second kappa shape index (κ2) is 9.56. The Labute approximate surface area is 198 Å². The van der Waals surface area contributed by atoms with Crippen molar-refractivity contribution in [3.8, 4) is 11.5 Å². The van der Waals surface area contributed by atoms with Gasteiger partial charge in [-0.05, 0) is 47.5 Å². The summed E-state index contributed by atoms with van der Waals surface area (Å²) >= 11 is 0. The molecule has 34 heavy (non-hydrogen) atoms. The number of sulfonamides is 1. The third kappa shape index (κ3) is 5.04. The summed E-state index contributed by atoms with van der Waals surface area (Å²) in [5.41, 5.74) is 3.18. The van der Waals surface area contributed by atoms with Crippen molar-refractivity contribution in [3.63, 3.8) is 0 Å². The van der Waals surface area contributed by atoms with Crippen LogP contribution in [0.2, 0.25) is 0 Å². The van der Waals surface area contributed by atoms with E-state index in [4.69, 9.17) is 9.47 Å². The average molecular weight is 480 g/mol. The van der Waals surface area contributed by atoms with Crippen LogP contribution in [0.3, 0.4) is 0 Å². The van der Waals surface area contributed by atoms with Crippen LogP contribution in [0, 0.1) is 0 Å². The summed E-state index contributed by atoms with van der Waals surface area (Å²) in [7, 11) is -0.299. The molecule has 0 bridgehead atoms. The van der Waals surface area contributed by atoms with E-state index in [0.29, 0.717) is 34.9 Å². The molecule has 0 aliphatic carbocycles. The van der Waals surface area contributed by atoms with Crippen LogP contribution in [0.5, 0.6) is 11.5 Å². The quantitative estimate of drug-likeness (QED) is 0.551. The van der Waals surface area contributed by atoms with Crippen LogP contribution in [0.25, 0.3) is 0 Å². The number of benzene rings is 3. The Hall–Kier alpha value is -3.85. The van der Waals surface area contributed by atoms with E-state index in [1.165, 1.54) is 5.01 Å². The summed E-state index contributed by atoms with van der Waals surface area (Å²) in [4.78, 5) is 13.4. The minimum Gasteiger partial charge on any atom is -0.493 e. The molecule has 1 heterocycles. The molecule has 0 saturated heterocycles. The Bertz CT molecular complexity index is 1340. The van der Waals surface area contributed by atoms with Gasteiger partial charge >= 0.3 is 0 Å². The Morgan fingerprint density at radius 1 is 0.971 bits per heavy atom. The lowest BCUT2D eigenvalue weighted by Crippen LogP contribution is -2.27. The maximum atomic E-state index is 13.4. The zero-order chi connectivity index (χ0) is 24.3. The van der Waals surface area contributed by atoms with Crippen LogP contribution >= 0.6 is 0 Å². The van der Waals surface area contributed by atoms with Gasteiger partial charge in [-0.3, -0.25) is 9.52 Å². The van der Waals surface area contributed by atoms with Crippen molar-refractivity contribution >= 4 is 27.3 Å². The second-order valence-electron chi connectivity index (χ2n) is 7.85. The number of hydrogen-bond donors (Lipinski definition) is 1. The molecule has 0 spiro atoms. The Morgan fingerprint density at radius 2 is 1.71 bits per heavy atom. The molecular formula is C25H25N3O5S. The molecule has 3 aromatic rings. The van der Waals surface area contributed by atoms with Crippen molar-refractivity contribution in [2.75, 3.05) is 25.2 Å². The lowest BCUT2D eigenvalue weighted by molar-refractivity contribution is 0.0711. The van der Waals surface area contributed by atoms with E-state index in [2.05, 4.69) is 9.82 Å². The summed E-state index contributed by atoms with van der Waals surface area (Å²) in [6.45, 7) is 0. The van der Waals surface area contributed by atoms with Gasteiger partial charge in [-0.15, -0.1) is 0 Å². The minimum absolute atomic E-state index is 0.235. The number of nitrogens with zero attached hydrogens (tertiary/aromatic N) is 2. The maximum Gasteiger partial charge on any atom is 0.274 e. The third-order valence-electron chi connectivity index (χ3n) is 5.43. The molecule has 0 fully saturated rings. The van der Waals surface area contributed by atoms with Gasteiger partial charge in [-0.25, -0.2) is 13.4 Å². The Kier molecular flexibility index (Phi) is 6.56. The smallest absolute Gasteiger partial charge is 0.274 e. The largest absolute Gasteiger partial charge is 0.493 e. The Morgan fingerprint density at radius 3 is 2.38 bits per heavy atom. The van der Waals surface area contributed by atoms with Crippen LogP contribution in [-0.2, 0) is 10.0 Å². The second-order valence-corrected chi connectivity index (χ2v) is 9.60. The number of carbonyl (C=O) groups excluding carboxylic acids is 1. The summed E-state index contributed by atoms with van der Waals surface area (Å²) in [5, 5.41) is 6.15. The number of hydrazone groups is 1. The fraction of sp³-hybridized carbons (Fsp3) is 0.200. The molecule has 1 amide bonds. The normalized spacial score (nSPS) is 15.6. The van der Waals surface area contributed by atoms with E-state index < -0.39 is 10.0 Å². The number of anilines is 1. The van der Waals surface area contributed by atoms with E-state index in [9.17, 15) is 13.2 Å². The van der Waals surface area contributed by atoms with Gasteiger partial charge in [0.1, 0.15) is 0 Å². The first-order chi connectivity index (χ1) is 16.3. The number of methoxy groups -OCH3 is 2. The average Bonchev–Trinajstić information content (AvgIpc) is 3.28. The van der Waals surface area contributed by atoms with Gasteiger partial charge in [-0.2, -0.15) is 5.10 Å². The molecule has 176 valence electrons. The molecule has 0 unspecified atom stereocenters. The zero-order valence-corrected chi connectivity index (χ0v) is 19.9. The summed E-state index contributed by atoms with van der Waals surface area (Å²) in [5.74, 6) is 0.909. The number of amides is 1. The fourth-order valence-electron chi connectivity index (χ4n) is 3.88. The first kappa shape index (κ1) is 23.3. The van der Waals surface area contributed by atoms with Crippen LogP contribution in [-0.4, -0.2) is 45.5 Å². The monoisotopic (exact) mass is 479 g/mol. The summed E-state index contributed by atoms with van der Waals surface area (Å²) < 4.78 is 36.6. The van der Waals surface area contributed by atoms with Crippen LogP contribution in [0.4, 0.5) is 5.69 Å². The molecule has 0 radical (unpaired) electrons. The molecule has 1 N–H and O–H groups in total. The van der Waals surface area contributed by atoms with Gasteiger partial charge < -0.3 is 9.47 Å². The molecule has 8 nitrogen and oxygen atoms in total. The van der Waals surface area contributed by atoms with Crippen molar-refractivity contribution in [3.05, 3.63) is 89.5 Å². The first-order valence-corrected chi connectivity index (χ1v) is 12.4. The predicted molar refractivity (Wildman–Crippen MR) is 131 cm³/mol. The van der Waals surface area contributed by atoms with Crippen molar-refractivity contribution in [1.82, 2.24) is 5.01 Å². The van der Waals surface area contributed by atoms with E-state index >= 15 is 0 Å². The molecule has 0 aromatic heterocycles. The van der Waals surface area contributed by atoms with Gasteiger partial charge in [0.15, 0.2) is 11.5 Å². The van der Waals surface area contributed by atoms with Gasteiger partial charge in [0, 0.05) is 17.7 Å². The molecular weight excluding hydrogens is 454 g/mol. The van der Waals surface area contributed by atoms with Gasteiger partial charge in [-0.1, -0.05) is 36.4 Å². The fourth-order valence-corrected chi connectivity index (χ4v) is 4.44. The van der Waals surface area contributed by atoms with E-state index in [1.54, 1.807) is 62.8 Å². The van der Waals surface area contributed by atoms with Crippen molar-refractivity contribution in [2.24, 2.45) is 5.10 Å². The molecule has 0 saturated carbocycles. The predicted octanol–water partition coefficient (Wildman–Crippen LogP) is 4.07. The SMILES string of the molecule is COc1ccc([C@H]2CC(c3cccc(NS(C)(=O)=O)c3)=NN2C(=O)c2ccccc2)cc1OC. The molecule has 9 heteroatoms. The lowest BCUT2D eigenvalue weighted by Gasteiger charge is -2.23. The number of hydrogen-bond acceptors (Lipinski definition) is 6. The molecule has 3 aromatic carbocycles. The van der Waals surface area contributed by atoms with Gasteiger partial charge in [0.05, 0.1) is 32.2 Å². The van der Waals surface area contributed by atoms with E-state index in [-0.39, 0.29) is 11.9 Å². The highest BCUT2D eigenvalue weighted by molar-refractivity contribution is 7.92. The highest BCUT2D eigenvalue weighted by atomic mass is 32.2. The number of nitrogens with one attached hydrogen (secondary N) is 1. The molecule has 1 aliphatic rings. The zero-order valence-electron chi connectivity index (χ0n) is 19.1. The van der Waals surface area contributed by atoms with Crippen molar-refractivity contribution < 1.29 is 22.7 Å². The van der Waals surface area contributed by atoms with Gasteiger partial charge in [0.2, 0.25) is 10.0 Å². The third-order valence-corrected chi connectivity index (χ3v) is 6.04. The minimum atomic E-state index is -3.43.